The van der Waals surface area contributed by atoms with Crippen molar-refractivity contribution in [2.24, 2.45) is 0 Å². The van der Waals surface area contributed by atoms with Crippen LogP contribution in [-0.4, -0.2) is 10.9 Å². The first-order chi connectivity index (χ1) is 7.66. The third kappa shape index (κ3) is 2.69. The van der Waals surface area contributed by atoms with E-state index < -0.39 is 0 Å². The standard InChI is InChI=1S/C10H9BrN2OS2/c1-6-12-4-7(16-6)5-13-10(14)9-8(11)2-3-15-9/h2-4H,5H2,1H3,(H,13,14). The van der Waals surface area contributed by atoms with E-state index in [1.165, 1.54) is 11.3 Å². The van der Waals surface area contributed by atoms with Crippen molar-refractivity contribution in [1.82, 2.24) is 10.3 Å². The van der Waals surface area contributed by atoms with Crippen molar-refractivity contribution < 1.29 is 4.79 Å². The second-order valence-electron chi connectivity index (χ2n) is 3.13. The van der Waals surface area contributed by atoms with Gasteiger partial charge in [-0.1, -0.05) is 0 Å². The number of aromatic nitrogens is 1. The molecule has 0 atom stereocenters. The Bertz CT molecular complexity index is 506. The van der Waals surface area contributed by atoms with Crippen molar-refractivity contribution >= 4 is 44.5 Å². The van der Waals surface area contributed by atoms with Crippen LogP contribution in [0.1, 0.15) is 19.6 Å². The molecule has 6 heteroatoms. The minimum Gasteiger partial charge on any atom is -0.346 e. The third-order valence-electron chi connectivity index (χ3n) is 1.92. The van der Waals surface area contributed by atoms with Gasteiger partial charge in [0.1, 0.15) is 4.88 Å². The molecule has 0 aliphatic rings. The Balaban J connectivity index is 1.96. The molecule has 1 amide bonds. The van der Waals surface area contributed by atoms with Gasteiger partial charge in [-0.15, -0.1) is 22.7 Å². The largest absolute Gasteiger partial charge is 0.346 e. The normalized spacial score (nSPS) is 10.4. The Kier molecular flexibility index (Phi) is 3.73. The number of thiophene rings is 1. The molecule has 0 bridgehead atoms. The number of nitrogens with zero attached hydrogens (tertiary/aromatic N) is 1. The molecular formula is C10H9BrN2OS2. The molecule has 2 rings (SSSR count). The molecule has 2 aromatic rings. The molecular weight excluding hydrogens is 308 g/mol. The third-order valence-corrected chi connectivity index (χ3v) is 4.66. The summed E-state index contributed by atoms with van der Waals surface area (Å²) in [6, 6.07) is 1.87. The molecule has 0 aliphatic carbocycles. The van der Waals surface area contributed by atoms with Gasteiger partial charge in [-0.25, -0.2) is 4.98 Å². The van der Waals surface area contributed by atoms with Crippen molar-refractivity contribution in [2.45, 2.75) is 13.5 Å². The number of halogens is 1. The molecule has 2 heterocycles. The van der Waals surface area contributed by atoms with Crippen LogP contribution in [0.2, 0.25) is 0 Å². The topological polar surface area (TPSA) is 42.0 Å². The van der Waals surface area contributed by atoms with Crippen LogP contribution < -0.4 is 5.32 Å². The van der Waals surface area contributed by atoms with Crippen molar-refractivity contribution in [2.75, 3.05) is 0 Å². The van der Waals surface area contributed by atoms with Crippen LogP contribution in [-0.2, 0) is 6.54 Å². The van der Waals surface area contributed by atoms with Crippen LogP contribution in [0.15, 0.2) is 22.1 Å². The lowest BCUT2D eigenvalue weighted by Gasteiger charge is -2.01. The highest BCUT2D eigenvalue weighted by molar-refractivity contribution is 9.10. The van der Waals surface area contributed by atoms with Crippen LogP contribution in [0, 0.1) is 6.92 Å². The lowest BCUT2D eigenvalue weighted by molar-refractivity contribution is 0.0954. The summed E-state index contributed by atoms with van der Waals surface area (Å²) in [5, 5.41) is 5.77. The van der Waals surface area contributed by atoms with E-state index in [1.807, 2.05) is 18.4 Å². The summed E-state index contributed by atoms with van der Waals surface area (Å²) < 4.78 is 0.843. The zero-order chi connectivity index (χ0) is 11.5. The smallest absolute Gasteiger partial charge is 0.262 e. The number of carbonyl (C=O) groups is 1. The van der Waals surface area contributed by atoms with Gasteiger partial charge in [-0.3, -0.25) is 4.79 Å². The number of hydrogen-bond acceptors (Lipinski definition) is 4. The molecule has 2 aromatic heterocycles. The van der Waals surface area contributed by atoms with Crippen molar-refractivity contribution in [3.8, 4) is 0 Å². The molecule has 0 aromatic carbocycles. The first-order valence-corrected chi connectivity index (χ1v) is 7.08. The molecule has 0 fully saturated rings. The van der Waals surface area contributed by atoms with Crippen LogP contribution in [0.4, 0.5) is 0 Å². The van der Waals surface area contributed by atoms with Crippen molar-refractivity contribution in [1.29, 1.82) is 0 Å². The summed E-state index contributed by atoms with van der Waals surface area (Å²) >= 11 is 6.36. The van der Waals surface area contributed by atoms with Gasteiger partial charge < -0.3 is 5.32 Å². The lowest BCUT2D eigenvalue weighted by atomic mass is 10.4. The summed E-state index contributed by atoms with van der Waals surface area (Å²) in [4.78, 5) is 17.7. The zero-order valence-corrected chi connectivity index (χ0v) is 11.7. The SMILES string of the molecule is Cc1ncc(CNC(=O)c2sccc2Br)s1. The molecule has 0 unspecified atom stereocenters. The van der Waals surface area contributed by atoms with E-state index in [9.17, 15) is 4.79 Å². The maximum Gasteiger partial charge on any atom is 0.262 e. The number of aryl methyl sites for hydroxylation is 1. The van der Waals surface area contributed by atoms with E-state index in [2.05, 4.69) is 26.2 Å². The second kappa shape index (κ2) is 5.07. The average Bonchev–Trinajstić information content (AvgIpc) is 2.84. The van der Waals surface area contributed by atoms with E-state index in [4.69, 9.17) is 0 Å². The molecule has 0 saturated heterocycles. The molecule has 3 nitrogen and oxygen atoms in total. The van der Waals surface area contributed by atoms with Crippen molar-refractivity contribution in [3.63, 3.8) is 0 Å². The van der Waals surface area contributed by atoms with Crippen LogP contribution in [0.3, 0.4) is 0 Å². The van der Waals surface area contributed by atoms with Gasteiger partial charge in [-0.2, -0.15) is 0 Å². The van der Waals surface area contributed by atoms with E-state index in [0.29, 0.717) is 11.4 Å². The van der Waals surface area contributed by atoms with E-state index >= 15 is 0 Å². The Hall–Kier alpha value is -0.720. The molecule has 0 aliphatic heterocycles. The summed E-state index contributed by atoms with van der Waals surface area (Å²) in [6.07, 6.45) is 1.80. The summed E-state index contributed by atoms with van der Waals surface area (Å²) in [5.74, 6) is -0.0482. The Morgan fingerprint density at radius 1 is 1.62 bits per heavy atom. The molecule has 16 heavy (non-hydrogen) atoms. The number of rotatable bonds is 3. The highest BCUT2D eigenvalue weighted by Crippen LogP contribution is 2.22. The van der Waals surface area contributed by atoms with Crippen LogP contribution >= 0.6 is 38.6 Å². The molecule has 1 N–H and O–H groups in total. The van der Waals surface area contributed by atoms with Crippen LogP contribution in [0.5, 0.6) is 0 Å². The Morgan fingerprint density at radius 2 is 2.44 bits per heavy atom. The highest BCUT2D eigenvalue weighted by atomic mass is 79.9. The van der Waals surface area contributed by atoms with Gasteiger partial charge in [0.25, 0.3) is 5.91 Å². The molecule has 0 spiro atoms. The average molecular weight is 317 g/mol. The predicted octanol–water partition coefficient (Wildman–Crippen LogP) is 3.21. The molecule has 84 valence electrons. The predicted molar refractivity (Wildman–Crippen MR) is 70.0 cm³/mol. The second-order valence-corrected chi connectivity index (χ2v) is 6.22. The van der Waals surface area contributed by atoms with Gasteiger partial charge >= 0.3 is 0 Å². The van der Waals surface area contributed by atoms with Gasteiger partial charge in [-0.05, 0) is 34.3 Å². The summed E-state index contributed by atoms with van der Waals surface area (Å²) in [7, 11) is 0. The molecule has 0 saturated carbocycles. The maximum absolute atomic E-state index is 11.8. The summed E-state index contributed by atoms with van der Waals surface area (Å²) in [6.45, 7) is 2.49. The fourth-order valence-corrected chi connectivity index (χ4v) is 3.39. The fourth-order valence-electron chi connectivity index (χ4n) is 1.19. The van der Waals surface area contributed by atoms with E-state index in [0.717, 1.165) is 14.4 Å². The molecule has 0 radical (unpaired) electrons. The number of carbonyl (C=O) groups excluding carboxylic acids is 1. The maximum atomic E-state index is 11.8. The first-order valence-electron chi connectivity index (χ1n) is 4.59. The lowest BCUT2D eigenvalue weighted by Crippen LogP contribution is -2.21. The van der Waals surface area contributed by atoms with E-state index in [-0.39, 0.29) is 5.91 Å². The number of nitrogens with one attached hydrogen (secondary N) is 1. The van der Waals surface area contributed by atoms with E-state index in [1.54, 1.807) is 17.5 Å². The first kappa shape index (κ1) is 11.8. The Labute approximate surface area is 110 Å². The minimum absolute atomic E-state index is 0.0482. The Morgan fingerprint density at radius 3 is 3.00 bits per heavy atom. The number of thiazole rings is 1. The monoisotopic (exact) mass is 316 g/mol. The van der Waals surface area contributed by atoms with Gasteiger partial charge in [0.05, 0.1) is 11.6 Å². The highest BCUT2D eigenvalue weighted by Gasteiger charge is 2.11. The quantitative estimate of drug-likeness (QED) is 0.944. The summed E-state index contributed by atoms with van der Waals surface area (Å²) in [5.41, 5.74) is 0. The number of amides is 1. The zero-order valence-electron chi connectivity index (χ0n) is 8.49. The number of hydrogen-bond donors (Lipinski definition) is 1. The van der Waals surface area contributed by atoms with Gasteiger partial charge in [0.2, 0.25) is 0 Å². The van der Waals surface area contributed by atoms with Gasteiger partial charge in [0, 0.05) is 15.5 Å². The van der Waals surface area contributed by atoms with Crippen LogP contribution in [0.25, 0.3) is 0 Å². The van der Waals surface area contributed by atoms with Crippen molar-refractivity contribution in [3.05, 3.63) is 36.9 Å². The minimum atomic E-state index is -0.0482. The van der Waals surface area contributed by atoms with Gasteiger partial charge in [0.15, 0.2) is 0 Å². The fraction of sp³-hybridized carbons (Fsp3) is 0.200.